The molecule has 7 heteroatoms. The van der Waals surface area contributed by atoms with Gasteiger partial charge in [0.15, 0.2) is 0 Å². The van der Waals surface area contributed by atoms with E-state index in [1.54, 1.807) is 0 Å². The summed E-state index contributed by atoms with van der Waals surface area (Å²) >= 11 is 0.863. The number of methoxy groups -OCH3 is 1. The van der Waals surface area contributed by atoms with Gasteiger partial charge in [0.25, 0.3) is 0 Å². The van der Waals surface area contributed by atoms with Crippen LogP contribution in [0, 0.1) is 0 Å². The van der Waals surface area contributed by atoms with Gasteiger partial charge >= 0.3 is 12.1 Å². The van der Waals surface area contributed by atoms with Crippen LogP contribution >= 0.6 is 11.3 Å². The Labute approximate surface area is 110 Å². The maximum Gasteiger partial charge on any atom is 0.417 e. The van der Waals surface area contributed by atoms with Crippen molar-refractivity contribution in [1.82, 2.24) is 4.98 Å². The third-order valence-corrected chi connectivity index (χ3v) is 3.37. The Morgan fingerprint density at radius 3 is 2.63 bits per heavy atom. The van der Waals surface area contributed by atoms with Gasteiger partial charge in [0.05, 0.1) is 18.9 Å². The number of nitrogens with zero attached hydrogens (tertiary/aromatic N) is 1. The van der Waals surface area contributed by atoms with Crippen LogP contribution in [0.5, 0.6) is 0 Å². The highest BCUT2D eigenvalue weighted by molar-refractivity contribution is 7.16. The zero-order chi connectivity index (χ0) is 14.0. The third kappa shape index (κ3) is 2.76. The summed E-state index contributed by atoms with van der Waals surface area (Å²) in [4.78, 5) is 15.3. The Hall–Kier alpha value is -1.89. The van der Waals surface area contributed by atoms with E-state index in [2.05, 4.69) is 9.72 Å². The summed E-state index contributed by atoms with van der Waals surface area (Å²) in [6, 6.07) is 5.10. The average molecular weight is 287 g/mol. The molecular weight excluding hydrogens is 279 g/mol. The zero-order valence-corrected chi connectivity index (χ0v) is 10.5. The molecule has 0 saturated heterocycles. The third-order valence-electron chi connectivity index (χ3n) is 2.36. The van der Waals surface area contributed by atoms with Crippen molar-refractivity contribution in [1.29, 1.82) is 0 Å². The summed E-state index contributed by atoms with van der Waals surface area (Å²) in [5, 5.41) is 0.133. The number of esters is 1. The van der Waals surface area contributed by atoms with Crippen molar-refractivity contribution >= 4 is 17.3 Å². The van der Waals surface area contributed by atoms with Gasteiger partial charge in [-0.05, 0) is 6.07 Å². The molecule has 1 aromatic carbocycles. The van der Waals surface area contributed by atoms with Gasteiger partial charge in [0, 0.05) is 5.56 Å². The lowest BCUT2D eigenvalue weighted by atomic mass is 10.1. The number of carbonyl (C=O) groups is 1. The molecule has 0 saturated carbocycles. The van der Waals surface area contributed by atoms with Crippen molar-refractivity contribution in [3.05, 3.63) is 40.9 Å². The highest BCUT2D eigenvalue weighted by Crippen LogP contribution is 2.38. The molecule has 2 aromatic rings. The topological polar surface area (TPSA) is 39.2 Å². The van der Waals surface area contributed by atoms with Crippen molar-refractivity contribution in [2.45, 2.75) is 6.18 Å². The number of halogens is 3. The molecule has 1 aromatic heterocycles. The van der Waals surface area contributed by atoms with E-state index in [-0.39, 0.29) is 15.4 Å². The minimum absolute atomic E-state index is 0.0462. The fourth-order valence-electron chi connectivity index (χ4n) is 1.51. The molecule has 0 fully saturated rings. The average Bonchev–Trinajstić information content (AvgIpc) is 2.86. The number of hydrogen-bond donors (Lipinski definition) is 0. The van der Waals surface area contributed by atoms with Crippen molar-refractivity contribution in [2.75, 3.05) is 7.11 Å². The van der Waals surface area contributed by atoms with Gasteiger partial charge < -0.3 is 4.74 Å². The molecular formula is C12H8F3NO2S. The number of benzene rings is 1. The van der Waals surface area contributed by atoms with Crippen LogP contribution in [0.4, 0.5) is 13.2 Å². The van der Waals surface area contributed by atoms with Gasteiger partial charge in [-0.1, -0.05) is 18.2 Å². The molecule has 0 unspecified atom stereocenters. The van der Waals surface area contributed by atoms with E-state index in [0.29, 0.717) is 0 Å². The molecule has 19 heavy (non-hydrogen) atoms. The second-order valence-corrected chi connectivity index (χ2v) is 4.60. The molecule has 0 amide bonds. The SMILES string of the molecule is COC(=O)c1cnc(-c2ccccc2C(F)(F)F)s1. The highest BCUT2D eigenvalue weighted by Gasteiger charge is 2.34. The van der Waals surface area contributed by atoms with Gasteiger partial charge in [0.2, 0.25) is 0 Å². The lowest BCUT2D eigenvalue weighted by Crippen LogP contribution is -2.06. The monoisotopic (exact) mass is 287 g/mol. The number of thiazole rings is 1. The first-order valence-corrected chi connectivity index (χ1v) is 5.96. The van der Waals surface area contributed by atoms with Crippen LogP contribution in [0.25, 0.3) is 10.6 Å². The van der Waals surface area contributed by atoms with Crippen molar-refractivity contribution in [2.24, 2.45) is 0 Å². The summed E-state index contributed by atoms with van der Waals surface area (Å²) in [6.45, 7) is 0. The standard InChI is InChI=1S/C12H8F3NO2S/c1-18-11(17)9-6-16-10(19-9)7-4-2-3-5-8(7)12(13,14)15/h2-6H,1H3. The number of carbonyl (C=O) groups excluding carboxylic acids is 1. The molecule has 0 bridgehead atoms. The molecule has 100 valence electrons. The van der Waals surface area contributed by atoms with Crippen LogP contribution in [0.1, 0.15) is 15.2 Å². The second kappa shape index (κ2) is 5.00. The number of aromatic nitrogens is 1. The number of ether oxygens (including phenoxy) is 1. The van der Waals surface area contributed by atoms with E-state index >= 15 is 0 Å². The van der Waals surface area contributed by atoms with E-state index in [9.17, 15) is 18.0 Å². The van der Waals surface area contributed by atoms with E-state index in [0.717, 1.165) is 17.4 Å². The molecule has 0 aliphatic rings. The van der Waals surface area contributed by atoms with Gasteiger partial charge in [-0.25, -0.2) is 9.78 Å². The number of hydrogen-bond acceptors (Lipinski definition) is 4. The molecule has 0 radical (unpaired) electrons. The van der Waals surface area contributed by atoms with E-state index < -0.39 is 17.7 Å². The van der Waals surface area contributed by atoms with E-state index in [1.807, 2.05) is 0 Å². The fourth-order valence-corrected chi connectivity index (χ4v) is 2.38. The minimum Gasteiger partial charge on any atom is -0.465 e. The van der Waals surface area contributed by atoms with Gasteiger partial charge in [-0.2, -0.15) is 13.2 Å². The first-order chi connectivity index (χ1) is 8.93. The molecule has 0 N–H and O–H groups in total. The van der Waals surface area contributed by atoms with Crippen LogP contribution in [0.2, 0.25) is 0 Å². The maximum absolute atomic E-state index is 12.9. The molecule has 0 aliphatic carbocycles. The van der Waals surface area contributed by atoms with Gasteiger partial charge in [-0.3, -0.25) is 0 Å². The van der Waals surface area contributed by atoms with Gasteiger partial charge in [0.1, 0.15) is 9.88 Å². The summed E-state index contributed by atoms with van der Waals surface area (Å²) in [5.74, 6) is -0.617. The predicted molar refractivity (Wildman–Crippen MR) is 63.9 cm³/mol. The van der Waals surface area contributed by atoms with Crippen LogP contribution < -0.4 is 0 Å². The number of rotatable bonds is 2. The van der Waals surface area contributed by atoms with Crippen molar-refractivity contribution < 1.29 is 22.7 Å². The lowest BCUT2D eigenvalue weighted by molar-refractivity contribution is -0.137. The summed E-state index contributed by atoms with van der Waals surface area (Å²) in [5.41, 5.74) is -0.823. The van der Waals surface area contributed by atoms with Crippen LogP contribution in [-0.2, 0) is 10.9 Å². The number of alkyl halides is 3. The largest absolute Gasteiger partial charge is 0.465 e. The van der Waals surface area contributed by atoms with Gasteiger partial charge in [-0.15, -0.1) is 11.3 Å². The smallest absolute Gasteiger partial charge is 0.417 e. The Balaban J connectivity index is 2.48. The summed E-state index contributed by atoms with van der Waals surface area (Å²) in [7, 11) is 1.20. The van der Waals surface area contributed by atoms with Crippen LogP contribution in [0.3, 0.4) is 0 Å². The lowest BCUT2D eigenvalue weighted by Gasteiger charge is -2.10. The second-order valence-electron chi connectivity index (χ2n) is 3.56. The Morgan fingerprint density at radius 1 is 1.32 bits per heavy atom. The van der Waals surface area contributed by atoms with Crippen molar-refractivity contribution in [3.63, 3.8) is 0 Å². The highest BCUT2D eigenvalue weighted by atomic mass is 32.1. The predicted octanol–water partition coefficient (Wildman–Crippen LogP) is 3.62. The normalized spacial score (nSPS) is 11.4. The first-order valence-electron chi connectivity index (χ1n) is 5.14. The molecule has 3 nitrogen and oxygen atoms in total. The molecule has 2 rings (SSSR count). The van der Waals surface area contributed by atoms with Crippen LogP contribution in [-0.4, -0.2) is 18.1 Å². The van der Waals surface area contributed by atoms with Crippen LogP contribution in [0.15, 0.2) is 30.5 Å². The Kier molecular flexibility index (Phi) is 3.57. The fraction of sp³-hybridized carbons (Fsp3) is 0.167. The molecule has 0 atom stereocenters. The maximum atomic E-state index is 12.9. The first kappa shape index (κ1) is 13.5. The summed E-state index contributed by atoms with van der Waals surface area (Å²) < 4.78 is 43.0. The van der Waals surface area contributed by atoms with Crippen molar-refractivity contribution in [3.8, 4) is 10.6 Å². The summed E-state index contributed by atoms with van der Waals surface area (Å²) in [6.07, 6.45) is -3.26. The zero-order valence-electron chi connectivity index (χ0n) is 9.69. The minimum atomic E-state index is -4.46. The van der Waals surface area contributed by atoms with E-state index in [4.69, 9.17) is 0 Å². The molecule has 0 spiro atoms. The molecule has 1 heterocycles. The Morgan fingerprint density at radius 2 is 2.00 bits per heavy atom. The molecule has 0 aliphatic heterocycles. The Bertz CT molecular complexity index is 607. The van der Waals surface area contributed by atoms with E-state index in [1.165, 1.54) is 31.5 Å². The quantitative estimate of drug-likeness (QED) is 0.792.